The van der Waals surface area contributed by atoms with Crippen LogP contribution in [-0.4, -0.2) is 28.8 Å². The Bertz CT molecular complexity index is 1120. The Morgan fingerprint density at radius 3 is 2.52 bits per heavy atom. The summed E-state index contributed by atoms with van der Waals surface area (Å²) in [4.78, 5) is 4.00. The normalized spacial score (nSPS) is 12.0. The van der Waals surface area contributed by atoms with Crippen molar-refractivity contribution in [2.45, 2.75) is 11.8 Å². The van der Waals surface area contributed by atoms with Gasteiger partial charge in [-0.25, -0.2) is 0 Å². The summed E-state index contributed by atoms with van der Waals surface area (Å²) in [6.45, 7) is 1.78. The maximum atomic E-state index is 11.7. The molecule has 0 aliphatic heterocycles. The summed E-state index contributed by atoms with van der Waals surface area (Å²) in [5.41, 5.74) is 4.48. The molecule has 3 aromatic rings. The summed E-state index contributed by atoms with van der Waals surface area (Å²) in [6.07, 6.45) is 1.66. The van der Waals surface area contributed by atoms with Crippen molar-refractivity contribution >= 4 is 49.6 Å². The summed E-state index contributed by atoms with van der Waals surface area (Å²) < 4.78 is 32.9. The van der Waals surface area contributed by atoms with Gasteiger partial charge in [-0.2, -0.15) is 13.5 Å². The lowest BCUT2D eigenvalue weighted by atomic mass is 10.1. The Kier molecular flexibility index (Phi) is 5.45. The highest BCUT2D eigenvalue weighted by molar-refractivity contribution is 7.86. The number of fused-ring (bicyclic) bond motifs is 1. The summed E-state index contributed by atoms with van der Waals surface area (Å²) in [6, 6.07) is 15.3. The largest absolute Gasteiger partial charge is 0.331 e. The molecule has 3 rings (SSSR count). The zero-order valence-electron chi connectivity index (χ0n) is 14.2. The van der Waals surface area contributed by atoms with Crippen molar-refractivity contribution in [2.24, 2.45) is 5.10 Å². The predicted octanol–water partition coefficient (Wildman–Crippen LogP) is 3.19. The number of hydrogen-bond donors (Lipinski definition) is 3. The average molecular weight is 400 g/mol. The van der Waals surface area contributed by atoms with Crippen LogP contribution in [0.15, 0.2) is 70.8 Å². The number of pyridine rings is 1. The Hall–Kier alpha value is -2.88. The first kappa shape index (κ1) is 18.9. The highest BCUT2D eigenvalue weighted by Crippen LogP contribution is 2.29. The molecule has 27 heavy (non-hydrogen) atoms. The molecule has 0 atom stereocenters. The van der Waals surface area contributed by atoms with Crippen LogP contribution in [0.4, 0.5) is 5.69 Å². The standard InChI is InChI=1S/C18H16N4O3S2/c1-12(14-8-2-3-11-19-14)21-22-18(26)20-15-9-4-6-13-7-5-10-16(17(13)15)27(23,24)25/h2-11H,1H3,(H2,20,22,26)(H,23,24,25)/b21-12+. The highest BCUT2D eigenvalue weighted by Gasteiger charge is 2.16. The van der Waals surface area contributed by atoms with E-state index in [-0.39, 0.29) is 10.0 Å². The number of nitrogens with zero attached hydrogens (tertiary/aromatic N) is 2. The van der Waals surface area contributed by atoms with E-state index in [4.69, 9.17) is 12.2 Å². The van der Waals surface area contributed by atoms with Crippen LogP contribution in [0.3, 0.4) is 0 Å². The second-order valence-electron chi connectivity index (χ2n) is 5.61. The molecule has 0 radical (unpaired) electrons. The van der Waals surface area contributed by atoms with E-state index in [0.29, 0.717) is 27.9 Å². The van der Waals surface area contributed by atoms with E-state index in [1.165, 1.54) is 6.07 Å². The van der Waals surface area contributed by atoms with Crippen LogP contribution in [0, 0.1) is 0 Å². The van der Waals surface area contributed by atoms with Gasteiger partial charge in [0.05, 0.1) is 11.4 Å². The molecular formula is C18H16N4O3S2. The molecule has 3 N–H and O–H groups in total. The number of hydrazone groups is 1. The van der Waals surface area contributed by atoms with Gasteiger partial charge >= 0.3 is 0 Å². The van der Waals surface area contributed by atoms with Crippen LogP contribution in [0.25, 0.3) is 10.8 Å². The molecule has 0 saturated carbocycles. The molecule has 0 aliphatic rings. The van der Waals surface area contributed by atoms with Crippen LogP contribution in [0.1, 0.15) is 12.6 Å². The third-order valence-electron chi connectivity index (χ3n) is 3.75. The van der Waals surface area contributed by atoms with E-state index in [1.807, 2.05) is 18.2 Å². The van der Waals surface area contributed by atoms with Crippen molar-refractivity contribution in [1.29, 1.82) is 0 Å². The van der Waals surface area contributed by atoms with Crippen LogP contribution in [-0.2, 0) is 10.1 Å². The van der Waals surface area contributed by atoms with E-state index in [2.05, 4.69) is 20.8 Å². The molecule has 0 bridgehead atoms. The Morgan fingerprint density at radius 1 is 1.11 bits per heavy atom. The lowest BCUT2D eigenvalue weighted by Crippen LogP contribution is -2.25. The second kappa shape index (κ2) is 7.78. The van der Waals surface area contributed by atoms with Gasteiger partial charge < -0.3 is 5.32 Å². The molecule has 2 aromatic carbocycles. The molecule has 9 heteroatoms. The first-order chi connectivity index (χ1) is 12.9. The average Bonchev–Trinajstić information content (AvgIpc) is 2.66. The monoisotopic (exact) mass is 400 g/mol. The molecular weight excluding hydrogens is 384 g/mol. The third kappa shape index (κ3) is 4.45. The minimum absolute atomic E-state index is 0.169. The number of aromatic nitrogens is 1. The van der Waals surface area contributed by atoms with Crippen molar-refractivity contribution < 1.29 is 13.0 Å². The molecule has 7 nitrogen and oxygen atoms in total. The van der Waals surface area contributed by atoms with E-state index in [9.17, 15) is 13.0 Å². The zero-order valence-corrected chi connectivity index (χ0v) is 15.9. The van der Waals surface area contributed by atoms with Gasteiger partial charge in [0.15, 0.2) is 5.11 Å². The molecule has 0 fully saturated rings. The van der Waals surface area contributed by atoms with Gasteiger partial charge in [0.25, 0.3) is 10.1 Å². The Morgan fingerprint density at radius 2 is 1.85 bits per heavy atom. The van der Waals surface area contributed by atoms with Gasteiger partial charge in [0.2, 0.25) is 0 Å². The molecule has 1 heterocycles. The fraction of sp³-hybridized carbons (Fsp3) is 0.0556. The van der Waals surface area contributed by atoms with Crippen LogP contribution < -0.4 is 10.7 Å². The van der Waals surface area contributed by atoms with Crippen molar-refractivity contribution in [3.05, 3.63) is 66.5 Å². The van der Waals surface area contributed by atoms with Crippen LogP contribution >= 0.6 is 12.2 Å². The quantitative estimate of drug-likeness (QED) is 0.267. The number of benzene rings is 2. The van der Waals surface area contributed by atoms with Gasteiger partial charge in [-0.15, -0.1) is 0 Å². The topological polar surface area (TPSA) is 104 Å². The van der Waals surface area contributed by atoms with E-state index < -0.39 is 10.1 Å². The van der Waals surface area contributed by atoms with E-state index in [1.54, 1.807) is 43.5 Å². The molecule has 0 amide bonds. The van der Waals surface area contributed by atoms with Crippen LogP contribution in [0.2, 0.25) is 0 Å². The first-order valence-corrected chi connectivity index (χ1v) is 9.73. The number of thiocarbonyl (C=S) groups is 1. The summed E-state index contributed by atoms with van der Waals surface area (Å²) >= 11 is 5.24. The lowest BCUT2D eigenvalue weighted by molar-refractivity contribution is 0.484. The molecule has 0 unspecified atom stereocenters. The molecule has 1 aromatic heterocycles. The first-order valence-electron chi connectivity index (χ1n) is 7.88. The van der Waals surface area contributed by atoms with Gasteiger partial charge in [-0.3, -0.25) is 15.0 Å². The Balaban J connectivity index is 1.88. The van der Waals surface area contributed by atoms with E-state index in [0.717, 1.165) is 0 Å². The predicted molar refractivity (Wildman–Crippen MR) is 110 cm³/mol. The zero-order chi connectivity index (χ0) is 19.4. The van der Waals surface area contributed by atoms with Gasteiger partial charge in [-0.1, -0.05) is 30.3 Å². The molecule has 0 saturated heterocycles. The summed E-state index contributed by atoms with van der Waals surface area (Å²) in [5.74, 6) is 0. The number of nitrogens with one attached hydrogen (secondary N) is 2. The fourth-order valence-corrected chi connectivity index (χ4v) is 3.44. The van der Waals surface area contributed by atoms with Gasteiger partial charge in [-0.05, 0) is 48.8 Å². The Labute approximate surface area is 161 Å². The summed E-state index contributed by atoms with van der Waals surface area (Å²) in [5, 5.41) is 8.25. The van der Waals surface area contributed by atoms with Crippen molar-refractivity contribution in [1.82, 2.24) is 10.4 Å². The summed E-state index contributed by atoms with van der Waals surface area (Å²) in [7, 11) is -4.39. The van der Waals surface area contributed by atoms with Crippen LogP contribution in [0.5, 0.6) is 0 Å². The number of anilines is 1. The van der Waals surface area contributed by atoms with Crippen molar-refractivity contribution in [3.8, 4) is 0 Å². The number of hydrogen-bond acceptors (Lipinski definition) is 5. The van der Waals surface area contributed by atoms with Gasteiger partial charge in [0.1, 0.15) is 4.90 Å². The third-order valence-corrected chi connectivity index (χ3v) is 4.84. The van der Waals surface area contributed by atoms with Crippen molar-refractivity contribution in [2.75, 3.05) is 5.32 Å². The fourth-order valence-electron chi connectivity index (χ4n) is 2.54. The maximum Gasteiger partial charge on any atom is 0.295 e. The minimum atomic E-state index is -4.39. The highest BCUT2D eigenvalue weighted by atomic mass is 32.2. The number of rotatable bonds is 4. The SMILES string of the molecule is C/C(=N\NC(=S)Nc1cccc2cccc(S(=O)(=O)O)c12)c1ccccn1. The van der Waals surface area contributed by atoms with E-state index >= 15 is 0 Å². The smallest absolute Gasteiger partial charge is 0.295 e. The van der Waals surface area contributed by atoms with Crippen molar-refractivity contribution in [3.63, 3.8) is 0 Å². The molecule has 138 valence electrons. The molecule has 0 spiro atoms. The van der Waals surface area contributed by atoms with Gasteiger partial charge in [0, 0.05) is 17.3 Å². The lowest BCUT2D eigenvalue weighted by Gasteiger charge is -2.13. The maximum absolute atomic E-state index is 11.7. The molecule has 0 aliphatic carbocycles. The second-order valence-corrected chi connectivity index (χ2v) is 7.41. The minimum Gasteiger partial charge on any atom is -0.331 e.